The third kappa shape index (κ3) is 3.25. The largest absolute Gasteiger partial charge is 0.335 e. The van der Waals surface area contributed by atoms with Gasteiger partial charge in [0, 0.05) is 29.5 Å². The lowest BCUT2D eigenvalue weighted by molar-refractivity contribution is 0.0740. The van der Waals surface area contributed by atoms with Crippen molar-refractivity contribution >= 4 is 34.8 Å². The highest BCUT2D eigenvalue weighted by molar-refractivity contribution is 6.35. The van der Waals surface area contributed by atoms with E-state index in [9.17, 15) is 9.59 Å². The van der Waals surface area contributed by atoms with Crippen LogP contribution in [0.15, 0.2) is 53.6 Å². The molecule has 2 heterocycles. The van der Waals surface area contributed by atoms with Crippen LogP contribution in [-0.4, -0.2) is 27.2 Å². The molecule has 0 aliphatic carbocycles. The fourth-order valence-corrected chi connectivity index (χ4v) is 3.15. The summed E-state index contributed by atoms with van der Waals surface area (Å²) in [5.41, 5.74) is 0.830. The van der Waals surface area contributed by atoms with Crippen molar-refractivity contribution < 1.29 is 4.79 Å². The quantitative estimate of drug-likeness (QED) is 0.698. The van der Waals surface area contributed by atoms with Crippen molar-refractivity contribution in [1.29, 1.82) is 0 Å². The average molecular weight is 376 g/mol. The maximum absolute atomic E-state index is 12.8. The average Bonchev–Trinajstić information content (AvgIpc) is 2.60. The van der Waals surface area contributed by atoms with Gasteiger partial charge in [0.05, 0.1) is 6.04 Å². The molecule has 5 nitrogen and oxygen atoms in total. The first kappa shape index (κ1) is 17.5. The Hall–Kier alpha value is -2.37. The molecule has 0 aliphatic rings. The Morgan fingerprint density at radius 3 is 2.72 bits per heavy atom. The summed E-state index contributed by atoms with van der Waals surface area (Å²) in [7, 11) is 1.62. The van der Waals surface area contributed by atoms with Crippen LogP contribution in [-0.2, 0) is 0 Å². The van der Waals surface area contributed by atoms with Gasteiger partial charge >= 0.3 is 0 Å². The molecular formula is C18H15Cl2N3O2. The van der Waals surface area contributed by atoms with E-state index in [1.165, 1.54) is 15.5 Å². The smallest absolute Gasteiger partial charge is 0.270 e. The van der Waals surface area contributed by atoms with E-state index in [1.54, 1.807) is 49.6 Å². The van der Waals surface area contributed by atoms with Gasteiger partial charge in [0.25, 0.3) is 11.5 Å². The Bertz CT molecular complexity index is 1020. The first-order chi connectivity index (χ1) is 11.9. The predicted molar refractivity (Wildman–Crippen MR) is 98.4 cm³/mol. The fourth-order valence-electron chi connectivity index (χ4n) is 2.59. The number of carbonyl (C=O) groups excluding carboxylic acids is 1. The van der Waals surface area contributed by atoms with E-state index >= 15 is 0 Å². The second kappa shape index (κ2) is 6.86. The number of benzene rings is 1. The highest BCUT2D eigenvalue weighted by atomic mass is 35.5. The fraction of sp³-hybridized carbons (Fsp3) is 0.167. The van der Waals surface area contributed by atoms with Crippen molar-refractivity contribution in [2.45, 2.75) is 13.0 Å². The molecule has 1 aromatic carbocycles. The molecule has 0 saturated heterocycles. The number of amides is 1. The van der Waals surface area contributed by atoms with Crippen LogP contribution in [0.2, 0.25) is 10.0 Å². The van der Waals surface area contributed by atoms with Gasteiger partial charge in [-0.15, -0.1) is 0 Å². The number of pyridine rings is 1. The van der Waals surface area contributed by atoms with Gasteiger partial charge < -0.3 is 4.90 Å². The Kier molecular flexibility index (Phi) is 4.79. The van der Waals surface area contributed by atoms with E-state index < -0.39 is 11.5 Å². The van der Waals surface area contributed by atoms with Crippen LogP contribution in [0.3, 0.4) is 0 Å². The maximum Gasteiger partial charge on any atom is 0.270 e. The highest BCUT2D eigenvalue weighted by Crippen LogP contribution is 2.29. The van der Waals surface area contributed by atoms with Crippen molar-refractivity contribution in [3.05, 3.63) is 80.3 Å². The van der Waals surface area contributed by atoms with Gasteiger partial charge in [-0.05, 0) is 36.8 Å². The van der Waals surface area contributed by atoms with Gasteiger partial charge in [0.1, 0.15) is 11.2 Å². The minimum absolute atomic E-state index is 0.00290. The van der Waals surface area contributed by atoms with Crippen molar-refractivity contribution in [2.75, 3.05) is 7.05 Å². The van der Waals surface area contributed by atoms with Gasteiger partial charge in [0.2, 0.25) is 0 Å². The normalized spacial score (nSPS) is 12.2. The first-order valence-corrected chi connectivity index (χ1v) is 8.34. The second-order valence-corrected chi connectivity index (χ2v) is 6.51. The molecular weight excluding hydrogens is 361 g/mol. The molecule has 3 rings (SSSR count). The lowest BCUT2D eigenvalue weighted by Gasteiger charge is -2.26. The molecule has 0 bridgehead atoms. The number of rotatable bonds is 3. The third-order valence-electron chi connectivity index (χ3n) is 4.16. The van der Waals surface area contributed by atoms with Crippen LogP contribution < -0.4 is 5.56 Å². The van der Waals surface area contributed by atoms with Crippen LogP contribution in [0.4, 0.5) is 0 Å². The van der Waals surface area contributed by atoms with Gasteiger partial charge in [-0.3, -0.25) is 14.0 Å². The van der Waals surface area contributed by atoms with Gasteiger partial charge in [-0.1, -0.05) is 35.3 Å². The summed E-state index contributed by atoms with van der Waals surface area (Å²) in [5.74, 6) is -0.422. The third-order valence-corrected chi connectivity index (χ3v) is 4.72. The summed E-state index contributed by atoms with van der Waals surface area (Å²) in [5, 5.41) is 0.986. The topological polar surface area (TPSA) is 54.7 Å². The predicted octanol–water partition coefficient (Wildman–Crippen LogP) is 3.83. The SMILES string of the molecule is CC(c1ccc(Cl)cc1Cl)N(C)C(=O)c1cnc2ccccn2c1=O. The molecule has 0 radical (unpaired) electrons. The molecule has 1 amide bonds. The molecule has 25 heavy (non-hydrogen) atoms. The molecule has 0 aliphatic heterocycles. The summed E-state index contributed by atoms with van der Waals surface area (Å²) in [6, 6.07) is 9.96. The van der Waals surface area contributed by atoms with Crippen molar-refractivity contribution in [2.24, 2.45) is 0 Å². The van der Waals surface area contributed by atoms with E-state index in [0.717, 1.165) is 5.56 Å². The number of aromatic nitrogens is 2. The summed E-state index contributed by atoms with van der Waals surface area (Å²) >= 11 is 12.1. The first-order valence-electron chi connectivity index (χ1n) is 7.58. The van der Waals surface area contributed by atoms with Crippen LogP contribution in [0, 0.1) is 0 Å². The van der Waals surface area contributed by atoms with Crippen molar-refractivity contribution in [1.82, 2.24) is 14.3 Å². The summed E-state index contributed by atoms with van der Waals surface area (Å²) in [4.78, 5) is 31.0. The number of nitrogens with zero attached hydrogens (tertiary/aromatic N) is 3. The zero-order chi connectivity index (χ0) is 18.1. The molecule has 1 unspecified atom stereocenters. The molecule has 3 aromatic rings. The van der Waals surface area contributed by atoms with E-state index in [4.69, 9.17) is 23.2 Å². The zero-order valence-corrected chi connectivity index (χ0v) is 15.1. The van der Waals surface area contributed by atoms with Crippen LogP contribution >= 0.6 is 23.2 Å². The maximum atomic E-state index is 12.8. The highest BCUT2D eigenvalue weighted by Gasteiger charge is 2.23. The Balaban J connectivity index is 1.97. The molecule has 1 atom stereocenters. The molecule has 0 spiro atoms. The molecule has 0 N–H and O–H groups in total. The monoisotopic (exact) mass is 375 g/mol. The van der Waals surface area contributed by atoms with Gasteiger partial charge in [-0.2, -0.15) is 0 Å². The van der Waals surface area contributed by atoms with Crippen LogP contribution in [0.1, 0.15) is 28.9 Å². The Morgan fingerprint density at radius 2 is 2.00 bits per heavy atom. The summed E-state index contributed by atoms with van der Waals surface area (Å²) in [6.07, 6.45) is 2.90. The van der Waals surface area contributed by atoms with E-state index in [1.807, 2.05) is 6.92 Å². The lowest BCUT2D eigenvalue weighted by Crippen LogP contribution is -2.35. The second-order valence-electron chi connectivity index (χ2n) is 5.66. The van der Waals surface area contributed by atoms with Crippen LogP contribution in [0.25, 0.3) is 5.65 Å². The van der Waals surface area contributed by atoms with E-state index in [0.29, 0.717) is 15.7 Å². The zero-order valence-electron chi connectivity index (χ0n) is 13.6. The summed E-state index contributed by atoms with van der Waals surface area (Å²) < 4.78 is 1.35. The number of carbonyl (C=O) groups is 1. The minimum atomic E-state index is -0.422. The number of fused-ring (bicyclic) bond motifs is 1. The Labute approximate surface area is 154 Å². The minimum Gasteiger partial charge on any atom is -0.335 e. The van der Waals surface area contributed by atoms with E-state index in [2.05, 4.69) is 4.98 Å². The molecule has 2 aromatic heterocycles. The Morgan fingerprint density at radius 1 is 1.24 bits per heavy atom. The van der Waals surface area contributed by atoms with Gasteiger partial charge in [0.15, 0.2) is 0 Å². The molecule has 0 fully saturated rings. The lowest BCUT2D eigenvalue weighted by atomic mass is 10.1. The van der Waals surface area contributed by atoms with Crippen LogP contribution in [0.5, 0.6) is 0 Å². The van der Waals surface area contributed by atoms with Crippen molar-refractivity contribution in [3.8, 4) is 0 Å². The van der Waals surface area contributed by atoms with Gasteiger partial charge in [-0.25, -0.2) is 4.98 Å². The number of hydrogen-bond acceptors (Lipinski definition) is 3. The molecule has 7 heteroatoms. The van der Waals surface area contributed by atoms with E-state index in [-0.39, 0.29) is 11.6 Å². The molecule has 128 valence electrons. The number of hydrogen-bond donors (Lipinski definition) is 0. The molecule has 0 saturated carbocycles. The number of halogens is 2. The summed E-state index contributed by atoms with van der Waals surface area (Å²) in [6.45, 7) is 1.83. The van der Waals surface area contributed by atoms with Crippen molar-refractivity contribution in [3.63, 3.8) is 0 Å². The standard InChI is InChI=1S/C18H15Cl2N3O2/c1-11(13-7-6-12(19)9-15(13)20)22(2)17(24)14-10-21-16-5-3-4-8-23(16)18(14)25/h3-11H,1-2H3.